The van der Waals surface area contributed by atoms with Crippen LogP contribution >= 0.6 is 0 Å². The first kappa shape index (κ1) is 24.2. The summed E-state index contributed by atoms with van der Waals surface area (Å²) < 4.78 is 33.7. The highest BCUT2D eigenvalue weighted by Crippen LogP contribution is 2.36. The molecule has 2 atom stereocenters. The highest BCUT2D eigenvalue weighted by atomic mass is 32.2. The first-order valence-electron chi connectivity index (χ1n) is 11.6. The summed E-state index contributed by atoms with van der Waals surface area (Å²) in [6.07, 6.45) is 1.67. The minimum absolute atomic E-state index is 0.0975. The van der Waals surface area contributed by atoms with Gasteiger partial charge in [-0.3, -0.25) is 14.5 Å². The third-order valence-electron chi connectivity index (χ3n) is 6.23. The SMILES string of the molecule is CC1CC(C)CN(S(=O)(=O)c2ccc3c(c2)N(CC(=O)NCCc2ccccc2)C(=O)CO3)C1. The fourth-order valence-corrected chi connectivity index (χ4v) is 6.36. The number of nitrogens with zero attached hydrogens (tertiary/aromatic N) is 2. The van der Waals surface area contributed by atoms with Crippen LogP contribution in [0.25, 0.3) is 0 Å². The number of hydrogen-bond donors (Lipinski definition) is 1. The van der Waals surface area contributed by atoms with Crippen LogP contribution in [0.15, 0.2) is 53.4 Å². The lowest BCUT2D eigenvalue weighted by Crippen LogP contribution is -2.45. The van der Waals surface area contributed by atoms with Crippen LogP contribution in [0.1, 0.15) is 25.8 Å². The quantitative estimate of drug-likeness (QED) is 0.650. The van der Waals surface area contributed by atoms with Crippen molar-refractivity contribution < 1.29 is 22.7 Å². The molecule has 0 radical (unpaired) electrons. The molecule has 0 aliphatic carbocycles. The first-order valence-corrected chi connectivity index (χ1v) is 13.1. The number of hydrogen-bond acceptors (Lipinski definition) is 5. The molecule has 2 amide bonds. The predicted octanol–water partition coefficient (Wildman–Crippen LogP) is 2.44. The van der Waals surface area contributed by atoms with Crippen molar-refractivity contribution in [2.75, 3.05) is 37.7 Å². The second-order valence-electron chi connectivity index (χ2n) is 9.25. The molecule has 2 aromatic carbocycles. The average Bonchev–Trinajstić information content (AvgIpc) is 2.80. The Labute approximate surface area is 200 Å². The Hall–Kier alpha value is -2.91. The number of nitrogens with one attached hydrogen (secondary N) is 1. The van der Waals surface area contributed by atoms with Gasteiger partial charge in [-0.1, -0.05) is 44.2 Å². The number of rotatable bonds is 7. The maximum absolute atomic E-state index is 13.4. The van der Waals surface area contributed by atoms with Gasteiger partial charge in [0.2, 0.25) is 15.9 Å². The van der Waals surface area contributed by atoms with Crippen LogP contribution in [0.3, 0.4) is 0 Å². The molecular formula is C25H31N3O5S. The summed E-state index contributed by atoms with van der Waals surface area (Å²) >= 11 is 0. The zero-order valence-corrected chi connectivity index (χ0v) is 20.4. The second kappa shape index (κ2) is 10.1. The maximum atomic E-state index is 13.4. The first-order chi connectivity index (χ1) is 16.2. The summed E-state index contributed by atoms with van der Waals surface area (Å²) in [7, 11) is -3.74. The lowest BCUT2D eigenvalue weighted by atomic mass is 9.94. The van der Waals surface area contributed by atoms with Crippen LogP contribution in [0, 0.1) is 11.8 Å². The third kappa shape index (κ3) is 5.42. The Morgan fingerprint density at radius 2 is 1.79 bits per heavy atom. The van der Waals surface area contributed by atoms with Crippen molar-refractivity contribution in [3.05, 3.63) is 54.1 Å². The molecule has 0 bridgehead atoms. The van der Waals surface area contributed by atoms with Gasteiger partial charge in [-0.2, -0.15) is 4.31 Å². The number of amides is 2. The number of carbonyl (C=O) groups excluding carboxylic acids is 2. The number of piperidine rings is 1. The molecule has 182 valence electrons. The van der Waals surface area contributed by atoms with Gasteiger partial charge < -0.3 is 10.1 Å². The van der Waals surface area contributed by atoms with Gasteiger partial charge in [0.1, 0.15) is 12.3 Å². The summed E-state index contributed by atoms with van der Waals surface area (Å²) in [6, 6.07) is 14.3. The Kier molecular flexibility index (Phi) is 7.23. The molecule has 34 heavy (non-hydrogen) atoms. The molecule has 8 nitrogen and oxygen atoms in total. The van der Waals surface area contributed by atoms with Crippen molar-refractivity contribution in [3.8, 4) is 5.75 Å². The average molecular weight is 486 g/mol. The lowest BCUT2D eigenvalue weighted by molar-refractivity contribution is -0.125. The van der Waals surface area contributed by atoms with Crippen molar-refractivity contribution >= 4 is 27.5 Å². The lowest BCUT2D eigenvalue weighted by Gasteiger charge is -2.34. The normalized spacial score (nSPS) is 21.0. The monoisotopic (exact) mass is 485 g/mol. The summed E-state index contributed by atoms with van der Waals surface area (Å²) in [4.78, 5) is 26.6. The van der Waals surface area contributed by atoms with E-state index in [1.54, 1.807) is 6.07 Å². The van der Waals surface area contributed by atoms with Crippen LogP contribution < -0.4 is 15.0 Å². The van der Waals surface area contributed by atoms with E-state index in [0.29, 0.717) is 37.5 Å². The summed E-state index contributed by atoms with van der Waals surface area (Å²) in [5.74, 6) is 0.231. The topological polar surface area (TPSA) is 96.0 Å². The van der Waals surface area contributed by atoms with Gasteiger partial charge in [-0.15, -0.1) is 0 Å². The largest absolute Gasteiger partial charge is 0.482 e. The molecule has 0 spiro atoms. The highest BCUT2D eigenvalue weighted by molar-refractivity contribution is 7.89. The van der Waals surface area contributed by atoms with Crippen molar-refractivity contribution in [1.29, 1.82) is 0 Å². The third-order valence-corrected chi connectivity index (χ3v) is 8.05. The number of anilines is 1. The van der Waals surface area contributed by atoms with E-state index in [1.807, 2.05) is 30.3 Å². The minimum atomic E-state index is -3.74. The van der Waals surface area contributed by atoms with Gasteiger partial charge in [-0.25, -0.2) is 8.42 Å². The zero-order chi connectivity index (χ0) is 24.3. The van der Waals surface area contributed by atoms with E-state index in [0.717, 1.165) is 12.0 Å². The molecule has 2 aromatic rings. The molecule has 2 unspecified atom stereocenters. The van der Waals surface area contributed by atoms with Gasteiger partial charge in [0.05, 0.1) is 10.6 Å². The van der Waals surface area contributed by atoms with Gasteiger partial charge in [-0.05, 0) is 48.4 Å². The van der Waals surface area contributed by atoms with Gasteiger partial charge in [0.15, 0.2) is 6.61 Å². The van der Waals surface area contributed by atoms with E-state index in [4.69, 9.17) is 4.74 Å². The van der Waals surface area contributed by atoms with Crippen LogP contribution in [0.5, 0.6) is 5.75 Å². The van der Waals surface area contributed by atoms with Gasteiger partial charge in [0.25, 0.3) is 5.91 Å². The maximum Gasteiger partial charge on any atom is 0.265 e. The Bertz CT molecular complexity index is 1140. The Morgan fingerprint density at radius 1 is 1.09 bits per heavy atom. The minimum Gasteiger partial charge on any atom is -0.482 e. The van der Waals surface area contributed by atoms with Crippen molar-refractivity contribution in [1.82, 2.24) is 9.62 Å². The van der Waals surface area contributed by atoms with Crippen molar-refractivity contribution in [2.24, 2.45) is 11.8 Å². The zero-order valence-electron chi connectivity index (χ0n) is 19.6. The van der Waals surface area contributed by atoms with Crippen molar-refractivity contribution in [3.63, 3.8) is 0 Å². The standard InChI is InChI=1S/C25H31N3O5S/c1-18-12-19(2)15-27(14-18)34(31,32)21-8-9-23-22(13-21)28(25(30)17-33-23)16-24(29)26-11-10-20-6-4-3-5-7-20/h3-9,13,18-19H,10-12,14-17H2,1-2H3,(H,26,29). The van der Waals surface area contributed by atoms with E-state index in [-0.39, 0.29) is 41.7 Å². The van der Waals surface area contributed by atoms with Crippen LogP contribution in [0.2, 0.25) is 0 Å². The molecule has 1 N–H and O–H groups in total. The summed E-state index contributed by atoms with van der Waals surface area (Å²) in [5, 5.41) is 2.84. The molecule has 2 aliphatic heterocycles. The molecule has 9 heteroatoms. The smallest absolute Gasteiger partial charge is 0.265 e. The van der Waals surface area contributed by atoms with Gasteiger partial charge in [0, 0.05) is 19.6 Å². The fourth-order valence-electron chi connectivity index (χ4n) is 4.66. The van der Waals surface area contributed by atoms with E-state index in [1.165, 1.54) is 21.3 Å². The summed E-state index contributed by atoms with van der Waals surface area (Å²) in [5.41, 5.74) is 1.40. The molecule has 2 heterocycles. The Morgan fingerprint density at radius 3 is 2.50 bits per heavy atom. The summed E-state index contributed by atoms with van der Waals surface area (Å²) in [6.45, 7) is 5.07. The molecule has 0 saturated carbocycles. The molecule has 0 aromatic heterocycles. The van der Waals surface area contributed by atoms with Crippen LogP contribution in [0.4, 0.5) is 5.69 Å². The fraction of sp³-hybridized carbons (Fsp3) is 0.440. The second-order valence-corrected chi connectivity index (χ2v) is 11.2. The number of benzene rings is 2. The molecule has 1 fully saturated rings. The molecule has 2 aliphatic rings. The number of carbonyl (C=O) groups is 2. The number of sulfonamides is 1. The van der Waals surface area contributed by atoms with Crippen molar-refractivity contribution in [2.45, 2.75) is 31.6 Å². The number of fused-ring (bicyclic) bond motifs is 1. The number of ether oxygens (including phenoxy) is 1. The van der Waals surface area contributed by atoms with E-state index >= 15 is 0 Å². The van der Waals surface area contributed by atoms with Gasteiger partial charge >= 0.3 is 0 Å². The predicted molar refractivity (Wildman–Crippen MR) is 129 cm³/mol. The van der Waals surface area contributed by atoms with E-state index < -0.39 is 10.0 Å². The molecular weight excluding hydrogens is 454 g/mol. The van der Waals surface area contributed by atoms with E-state index in [2.05, 4.69) is 19.2 Å². The highest BCUT2D eigenvalue weighted by Gasteiger charge is 2.34. The molecule has 4 rings (SSSR count). The Balaban J connectivity index is 1.49. The van der Waals surface area contributed by atoms with Crippen LogP contribution in [-0.2, 0) is 26.0 Å². The van der Waals surface area contributed by atoms with Crippen LogP contribution in [-0.4, -0.2) is 57.3 Å². The molecule has 1 saturated heterocycles. The van der Waals surface area contributed by atoms with E-state index in [9.17, 15) is 18.0 Å².